The van der Waals surface area contributed by atoms with Crippen molar-refractivity contribution < 1.29 is 0 Å². The standard InChI is InChI=1S/C10H17NS.ClH/c11-8-4-2-1-3-6-10-7-5-9-12-10;/h5,7,9H,1-4,6,8,11H2;1H. The molecule has 0 aliphatic carbocycles. The molecule has 0 atom stereocenters. The van der Waals surface area contributed by atoms with Crippen LogP contribution in [-0.2, 0) is 6.42 Å². The summed E-state index contributed by atoms with van der Waals surface area (Å²) in [5, 5.41) is 2.15. The van der Waals surface area contributed by atoms with Crippen LogP contribution in [0.5, 0.6) is 0 Å². The molecule has 0 fully saturated rings. The highest BCUT2D eigenvalue weighted by Gasteiger charge is 1.93. The second kappa shape index (κ2) is 8.54. The molecule has 1 aromatic heterocycles. The van der Waals surface area contributed by atoms with Gasteiger partial charge in [-0.05, 0) is 37.3 Å². The van der Waals surface area contributed by atoms with Crippen LogP contribution >= 0.6 is 23.7 Å². The van der Waals surface area contributed by atoms with E-state index in [0.29, 0.717) is 0 Å². The maximum Gasteiger partial charge on any atom is 0.00452 e. The second-order valence-corrected chi connectivity index (χ2v) is 4.06. The third-order valence-corrected chi connectivity index (χ3v) is 2.89. The summed E-state index contributed by atoms with van der Waals surface area (Å²) in [5.41, 5.74) is 5.41. The summed E-state index contributed by atoms with van der Waals surface area (Å²) < 4.78 is 0. The number of unbranched alkanes of at least 4 members (excludes halogenated alkanes) is 3. The molecule has 1 rings (SSSR count). The molecule has 0 unspecified atom stereocenters. The molecule has 0 amide bonds. The van der Waals surface area contributed by atoms with Crippen molar-refractivity contribution >= 4 is 23.7 Å². The number of halogens is 1. The highest BCUT2D eigenvalue weighted by molar-refractivity contribution is 7.09. The number of thiophene rings is 1. The summed E-state index contributed by atoms with van der Waals surface area (Å²) in [6.45, 7) is 0.846. The Morgan fingerprint density at radius 2 is 1.92 bits per heavy atom. The van der Waals surface area contributed by atoms with Gasteiger partial charge in [-0.1, -0.05) is 18.9 Å². The Balaban J connectivity index is 0.00000144. The van der Waals surface area contributed by atoms with Gasteiger partial charge in [-0.25, -0.2) is 0 Å². The van der Waals surface area contributed by atoms with E-state index in [2.05, 4.69) is 17.5 Å². The van der Waals surface area contributed by atoms with E-state index in [1.165, 1.54) is 37.0 Å². The van der Waals surface area contributed by atoms with Crippen molar-refractivity contribution in [1.29, 1.82) is 0 Å². The second-order valence-electron chi connectivity index (χ2n) is 3.03. The molecule has 1 aromatic rings. The summed E-state index contributed by atoms with van der Waals surface area (Å²) in [5.74, 6) is 0. The van der Waals surface area contributed by atoms with Gasteiger partial charge in [0.05, 0.1) is 0 Å². The molecule has 0 radical (unpaired) electrons. The molecule has 0 bridgehead atoms. The molecule has 0 spiro atoms. The first-order valence-electron chi connectivity index (χ1n) is 4.66. The van der Waals surface area contributed by atoms with Gasteiger partial charge in [0.2, 0.25) is 0 Å². The van der Waals surface area contributed by atoms with E-state index < -0.39 is 0 Å². The third-order valence-electron chi connectivity index (χ3n) is 1.96. The molecule has 13 heavy (non-hydrogen) atoms. The largest absolute Gasteiger partial charge is 0.330 e. The molecule has 0 saturated carbocycles. The van der Waals surface area contributed by atoms with Crippen LogP contribution in [0.15, 0.2) is 17.5 Å². The summed E-state index contributed by atoms with van der Waals surface area (Å²) in [4.78, 5) is 1.52. The fourth-order valence-electron chi connectivity index (χ4n) is 1.25. The van der Waals surface area contributed by atoms with E-state index in [1.54, 1.807) is 0 Å². The molecule has 0 saturated heterocycles. The predicted molar refractivity (Wildman–Crippen MR) is 62.8 cm³/mol. The first-order chi connectivity index (χ1) is 5.93. The van der Waals surface area contributed by atoms with Crippen molar-refractivity contribution in [1.82, 2.24) is 0 Å². The zero-order valence-corrected chi connectivity index (χ0v) is 9.50. The zero-order valence-electron chi connectivity index (χ0n) is 7.87. The predicted octanol–water partition coefficient (Wildman–Crippen LogP) is 3.23. The number of hydrogen-bond acceptors (Lipinski definition) is 2. The highest BCUT2D eigenvalue weighted by Crippen LogP contribution is 2.12. The molecular formula is C10H18ClNS. The minimum atomic E-state index is 0. The van der Waals surface area contributed by atoms with Crippen LogP contribution in [0.1, 0.15) is 30.6 Å². The maximum absolute atomic E-state index is 5.41. The smallest absolute Gasteiger partial charge is 0.00452 e. The average Bonchev–Trinajstić information content (AvgIpc) is 2.57. The van der Waals surface area contributed by atoms with Crippen molar-refractivity contribution in [2.24, 2.45) is 5.73 Å². The molecule has 0 aliphatic heterocycles. The lowest BCUT2D eigenvalue weighted by Gasteiger charge is -1.97. The van der Waals surface area contributed by atoms with Gasteiger partial charge in [-0.15, -0.1) is 23.7 Å². The Morgan fingerprint density at radius 1 is 1.15 bits per heavy atom. The van der Waals surface area contributed by atoms with Crippen molar-refractivity contribution in [3.05, 3.63) is 22.4 Å². The minimum Gasteiger partial charge on any atom is -0.330 e. The Bertz CT molecular complexity index is 187. The fraction of sp³-hybridized carbons (Fsp3) is 0.600. The van der Waals surface area contributed by atoms with Crippen LogP contribution in [0.2, 0.25) is 0 Å². The summed E-state index contributed by atoms with van der Waals surface area (Å²) >= 11 is 1.86. The highest BCUT2D eigenvalue weighted by atomic mass is 35.5. The maximum atomic E-state index is 5.41. The SMILES string of the molecule is Cl.NCCCCCCc1cccs1. The average molecular weight is 220 g/mol. The molecular weight excluding hydrogens is 202 g/mol. The van der Waals surface area contributed by atoms with Gasteiger partial charge >= 0.3 is 0 Å². The Kier molecular flexibility index (Phi) is 8.51. The van der Waals surface area contributed by atoms with Crippen LogP contribution in [0.3, 0.4) is 0 Å². The lowest BCUT2D eigenvalue weighted by atomic mass is 10.1. The first kappa shape index (κ1) is 12.9. The van der Waals surface area contributed by atoms with Crippen molar-refractivity contribution in [3.63, 3.8) is 0 Å². The molecule has 3 heteroatoms. The van der Waals surface area contributed by atoms with Crippen molar-refractivity contribution in [2.75, 3.05) is 6.54 Å². The third kappa shape index (κ3) is 6.08. The van der Waals surface area contributed by atoms with Crippen molar-refractivity contribution in [3.8, 4) is 0 Å². The Labute approximate surface area is 90.8 Å². The molecule has 1 nitrogen and oxygen atoms in total. The van der Waals surface area contributed by atoms with Crippen LogP contribution < -0.4 is 5.73 Å². The molecule has 2 N–H and O–H groups in total. The fourth-order valence-corrected chi connectivity index (χ4v) is 2.00. The van der Waals surface area contributed by atoms with E-state index in [9.17, 15) is 0 Å². The summed E-state index contributed by atoms with van der Waals surface area (Å²) in [6, 6.07) is 4.34. The van der Waals surface area contributed by atoms with E-state index in [-0.39, 0.29) is 12.4 Å². The molecule has 1 heterocycles. The number of nitrogens with two attached hydrogens (primary N) is 1. The van der Waals surface area contributed by atoms with Crippen LogP contribution in [0.25, 0.3) is 0 Å². The van der Waals surface area contributed by atoms with E-state index in [0.717, 1.165) is 6.54 Å². The monoisotopic (exact) mass is 219 g/mol. The number of aryl methyl sites for hydroxylation is 1. The van der Waals surface area contributed by atoms with Crippen molar-refractivity contribution in [2.45, 2.75) is 32.1 Å². The Morgan fingerprint density at radius 3 is 2.54 bits per heavy atom. The lowest BCUT2D eigenvalue weighted by Crippen LogP contribution is -1.97. The van der Waals surface area contributed by atoms with Gasteiger partial charge in [0, 0.05) is 4.88 Å². The van der Waals surface area contributed by atoms with Gasteiger partial charge in [-0.2, -0.15) is 0 Å². The summed E-state index contributed by atoms with van der Waals surface area (Å²) in [6.07, 6.45) is 6.38. The lowest BCUT2D eigenvalue weighted by molar-refractivity contribution is 0.649. The van der Waals surface area contributed by atoms with E-state index in [4.69, 9.17) is 5.73 Å². The molecule has 0 aromatic carbocycles. The van der Waals surface area contributed by atoms with Gasteiger partial charge in [-0.3, -0.25) is 0 Å². The Hall–Kier alpha value is -0.0500. The van der Waals surface area contributed by atoms with Crippen LogP contribution in [0.4, 0.5) is 0 Å². The number of hydrogen-bond donors (Lipinski definition) is 1. The van der Waals surface area contributed by atoms with Gasteiger partial charge in [0.1, 0.15) is 0 Å². The molecule has 0 aliphatic rings. The van der Waals surface area contributed by atoms with Crippen LogP contribution in [-0.4, -0.2) is 6.54 Å². The van der Waals surface area contributed by atoms with Crippen LogP contribution in [0, 0.1) is 0 Å². The minimum absolute atomic E-state index is 0. The zero-order chi connectivity index (χ0) is 8.65. The first-order valence-corrected chi connectivity index (χ1v) is 5.54. The topological polar surface area (TPSA) is 26.0 Å². The quantitative estimate of drug-likeness (QED) is 0.731. The van der Waals surface area contributed by atoms with Gasteiger partial charge in [0.15, 0.2) is 0 Å². The van der Waals surface area contributed by atoms with Gasteiger partial charge in [0.25, 0.3) is 0 Å². The van der Waals surface area contributed by atoms with E-state index in [1.807, 2.05) is 11.3 Å². The molecule has 76 valence electrons. The normalized spacial score (nSPS) is 9.62. The van der Waals surface area contributed by atoms with E-state index >= 15 is 0 Å². The van der Waals surface area contributed by atoms with Gasteiger partial charge < -0.3 is 5.73 Å². The summed E-state index contributed by atoms with van der Waals surface area (Å²) in [7, 11) is 0. The number of rotatable bonds is 6.